The maximum atomic E-state index is 12.9. The molecular weight excluding hydrogens is 411 g/mol. The van der Waals surface area contributed by atoms with E-state index in [2.05, 4.69) is 17.4 Å². The molecule has 2 saturated heterocycles. The number of carbonyl (C=O) groups excluding carboxylic acids is 1. The van der Waals surface area contributed by atoms with E-state index in [0.29, 0.717) is 31.7 Å². The van der Waals surface area contributed by atoms with Gasteiger partial charge in [0.1, 0.15) is 23.2 Å². The van der Waals surface area contributed by atoms with E-state index in [-0.39, 0.29) is 35.1 Å². The van der Waals surface area contributed by atoms with Crippen LogP contribution in [0.1, 0.15) is 33.8 Å². The number of fused-ring (bicyclic) bond motifs is 1. The number of aryl methyl sites for hydroxylation is 1. The van der Waals surface area contributed by atoms with Crippen molar-refractivity contribution in [1.29, 1.82) is 0 Å². The van der Waals surface area contributed by atoms with Crippen molar-refractivity contribution in [3.8, 4) is 11.5 Å². The molecule has 3 N–H and O–H groups in total. The number of hydrogen-bond acceptors (Lipinski definition) is 6. The minimum atomic E-state index is -1.17. The number of ether oxygens (including phenoxy) is 1. The van der Waals surface area contributed by atoms with Crippen LogP contribution in [-0.4, -0.2) is 65.8 Å². The number of hydrogen-bond donors (Lipinski definition) is 3. The van der Waals surface area contributed by atoms with E-state index in [4.69, 9.17) is 9.39 Å². The molecule has 2 fully saturated rings. The number of carbonyl (C=O) groups is 2. The fourth-order valence-electron chi connectivity index (χ4n) is 4.71. The third kappa shape index (κ3) is 3.94. The van der Waals surface area contributed by atoms with Gasteiger partial charge in [0.25, 0.3) is 0 Å². The van der Waals surface area contributed by atoms with Gasteiger partial charge in [-0.05, 0) is 42.3 Å². The predicted molar refractivity (Wildman–Crippen MR) is 117 cm³/mol. The summed E-state index contributed by atoms with van der Waals surface area (Å²) < 4.78 is 11.3. The van der Waals surface area contributed by atoms with Gasteiger partial charge >= 0.3 is 13.1 Å². The monoisotopic (exact) mass is 436 g/mol. The molecule has 0 aliphatic carbocycles. The summed E-state index contributed by atoms with van der Waals surface area (Å²) in [5, 5.41) is 22.8. The lowest BCUT2D eigenvalue weighted by molar-refractivity contribution is -0.142. The number of nitrogens with one attached hydrogen (secondary N) is 1. The Morgan fingerprint density at radius 1 is 1.16 bits per heavy atom. The minimum Gasteiger partial charge on any atom is -0.535 e. The van der Waals surface area contributed by atoms with Crippen LogP contribution in [0.2, 0.25) is 6.32 Å². The van der Waals surface area contributed by atoms with Crippen LogP contribution in [0.3, 0.4) is 0 Å². The van der Waals surface area contributed by atoms with Crippen LogP contribution in [0.4, 0.5) is 0 Å². The SMILES string of the molecule is O=C(O)c1c(OC2CN(C(=O)C3CC(c4ccccc4)CN3)C2)ccc2c1OB(O)CC2. The van der Waals surface area contributed by atoms with Crippen molar-refractivity contribution in [2.24, 2.45) is 0 Å². The highest BCUT2D eigenvalue weighted by Gasteiger charge is 2.40. The zero-order valence-electron chi connectivity index (χ0n) is 17.6. The third-order valence-electron chi connectivity index (χ3n) is 6.48. The Hall–Kier alpha value is -3.04. The van der Waals surface area contributed by atoms with Crippen molar-refractivity contribution >= 4 is 19.0 Å². The van der Waals surface area contributed by atoms with Gasteiger partial charge in [-0.25, -0.2) is 4.79 Å². The number of nitrogens with zero attached hydrogens (tertiary/aromatic N) is 1. The van der Waals surface area contributed by atoms with E-state index < -0.39 is 13.1 Å². The van der Waals surface area contributed by atoms with Crippen LogP contribution in [0.25, 0.3) is 0 Å². The first-order valence-electron chi connectivity index (χ1n) is 11.0. The van der Waals surface area contributed by atoms with Crippen molar-refractivity contribution in [2.45, 2.75) is 37.2 Å². The molecule has 32 heavy (non-hydrogen) atoms. The molecule has 0 bridgehead atoms. The van der Waals surface area contributed by atoms with E-state index in [9.17, 15) is 19.7 Å². The van der Waals surface area contributed by atoms with E-state index >= 15 is 0 Å². The van der Waals surface area contributed by atoms with Gasteiger partial charge in [-0.1, -0.05) is 36.4 Å². The van der Waals surface area contributed by atoms with Crippen LogP contribution < -0.4 is 14.7 Å². The molecule has 2 aromatic carbocycles. The maximum absolute atomic E-state index is 12.9. The summed E-state index contributed by atoms with van der Waals surface area (Å²) in [4.78, 5) is 26.5. The zero-order valence-corrected chi connectivity index (χ0v) is 17.6. The predicted octanol–water partition coefficient (Wildman–Crippen LogP) is 1.54. The summed E-state index contributed by atoms with van der Waals surface area (Å²) in [5.74, 6) is -0.421. The van der Waals surface area contributed by atoms with Crippen LogP contribution in [-0.2, 0) is 11.2 Å². The van der Waals surface area contributed by atoms with Gasteiger partial charge in [-0.3, -0.25) is 4.79 Å². The Bertz CT molecular complexity index is 1030. The molecule has 2 aromatic rings. The fraction of sp³-hybridized carbons (Fsp3) is 0.391. The first-order valence-corrected chi connectivity index (χ1v) is 11.0. The molecular formula is C23H25BN2O6. The Kier molecular flexibility index (Phi) is 5.52. The molecule has 2 atom stereocenters. The Morgan fingerprint density at radius 3 is 2.69 bits per heavy atom. The second-order valence-corrected chi connectivity index (χ2v) is 8.63. The Balaban J connectivity index is 1.20. The number of likely N-dealkylation sites (tertiary alicyclic amines) is 1. The molecule has 0 spiro atoms. The van der Waals surface area contributed by atoms with Crippen molar-refractivity contribution in [3.05, 3.63) is 59.2 Å². The normalized spacial score (nSPS) is 22.7. The smallest absolute Gasteiger partial charge is 0.522 e. The fourth-order valence-corrected chi connectivity index (χ4v) is 4.71. The lowest BCUT2D eigenvalue weighted by Crippen LogP contribution is -2.59. The summed E-state index contributed by atoms with van der Waals surface area (Å²) in [5.41, 5.74) is 1.90. The average molecular weight is 436 g/mol. The van der Waals surface area contributed by atoms with Crippen molar-refractivity contribution in [2.75, 3.05) is 19.6 Å². The molecule has 0 radical (unpaired) electrons. The highest BCUT2D eigenvalue weighted by atomic mass is 16.5. The zero-order chi connectivity index (χ0) is 22.2. The summed E-state index contributed by atoms with van der Waals surface area (Å²) in [6.45, 7) is 1.59. The second-order valence-electron chi connectivity index (χ2n) is 8.63. The van der Waals surface area contributed by atoms with E-state index in [1.54, 1.807) is 17.0 Å². The first kappa shape index (κ1) is 20.8. The molecule has 8 nitrogen and oxygen atoms in total. The van der Waals surface area contributed by atoms with E-state index in [1.807, 2.05) is 18.2 Å². The third-order valence-corrected chi connectivity index (χ3v) is 6.48. The summed E-state index contributed by atoms with van der Waals surface area (Å²) in [6, 6.07) is 13.4. The number of aromatic carboxylic acids is 1. The standard InChI is InChI=1S/C23H25BN2O6/c27-22(18-10-16(11-25-18)14-4-2-1-3-5-14)26-12-17(13-26)31-19-7-6-15-8-9-24(30)32-21(15)20(19)23(28)29/h1-7,16-18,25,30H,8-13H2,(H,28,29). The van der Waals surface area contributed by atoms with Crippen LogP contribution in [0.15, 0.2) is 42.5 Å². The van der Waals surface area contributed by atoms with Crippen molar-refractivity contribution in [3.63, 3.8) is 0 Å². The van der Waals surface area contributed by atoms with Crippen LogP contribution >= 0.6 is 0 Å². The molecule has 166 valence electrons. The average Bonchev–Trinajstić information content (AvgIpc) is 3.26. The second kappa shape index (κ2) is 8.48. The molecule has 0 saturated carbocycles. The summed E-state index contributed by atoms with van der Waals surface area (Å²) in [6.07, 6.45) is 1.45. The first-order chi connectivity index (χ1) is 15.5. The highest BCUT2D eigenvalue weighted by Crippen LogP contribution is 2.37. The van der Waals surface area contributed by atoms with Gasteiger partial charge in [0.15, 0.2) is 0 Å². The molecule has 3 aliphatic rings. The number of rotatable bonds is 5. The lowest BCUT2D eigenvalue weighted by Gasteiger charge is -2.40. The topological polar surface area (TPSA) is 108 Å². The quantitative estimate of drug-likeness (QED) is 0.611. The van der Waals surface area contributed by atoms with Crippen LogP contribution in [0.5, 0.6) is 11.5 Å². The van der Waals surface area contributed by atoms with Gasteiger partial charge in [0, 0.05) is 6.54 Å². The summed E-state index contributed by atoms with van der Waals surface area (Å²) >= 11 is 0. The Labute approximate surface area is 186 Å². The minimum absolute atomic E-state index is 0.0543. The van der Waals surface area contributed by atoms with Gasteiger partial charge in [0.05, 0.1) is 19.1 Å². The number of carboxylic acid groups (broad SMARTS) is 1. The largest absolute Gasteiger partial charge is 0.535 e. The van der Waals surface area contributed by atoms with Crippen molar-refractivity contribution < 1.29 is 29.1 Å². The number of benzene rings is 2. The van der Waals surface area contributed by atoms with Gasteiger partial charge in [-0.2, -0.15) is 0 Å². The maximum Gasteiger partial charge on any atom is 0.522 e. The molecule has 5 rings (SSSR count). The number of carboxylic acids is 1. The lowest BCUT2D eigenvalue weighted by atomic mass is 9.78. The van der Waals surface area contributed by atoms with Crippen molar-refractivity contribution in [1.82, 2.24) is 10.2 Å². The Morgan fingerprint density at radius 2 is 1.94 bits per heavy atom. The molecule has 9 heteroatoms. The summed E-state index contributed by atoms with van der Waals surface area (Å²) in [7, 11) is -1.02. The van der Waals surface area contributed by atoms with Gasteiger partial charge < -0.3 is 29.7 Å². The van der Waals surface area contributed by atoms with E-state index in [0.717, 1.165) is 18.5 Å². The molecule has 3 heterocycles. The number of amides is 1. The molecule has 0 aromatic heterocycles. The molecule has 3 aliphatic heterocycles. The van der Waals surface area contributed by atoms with Gasteiger partial charge in [0.2, 0.25) is 5.91 Å². The van der Waals surface area contributed by atoms with E-state index in [1.165, 1.54) is 5.56 Å². The van der Waals surface area contributed by atoms with Crippen LogP contribution in [0, 0.1) is 0 Å². The molecule has 2 unspecified atom stereocenters. The molecule has 1 amide bonds. The van der Waals surface area contributed by atoms with Gasteiger partial charge in [-0.15, -0.1) is 0 Å². The highest BCUT2D eigenvalue weighted by molar-refractivity contribution is 6.44.